The Morgan fingerprint density at radius 3 is 2.38 bits per heavy atom. The van der Waals surface area contributed by atoms with E-state index in [2.05, 4.69) is 20.8 Å². The molecular formula is C24H27NO4. The maximum Gasteiger partial charge on any atom is 0.307 e. The molecule has 0 amide bonds. The van der Waals surface area contributed by atoms with E-state index in [1.165, 1.54) is 0 Å². The molecule has 0 fully saturated rings. The fourth-order valence-corrected chi connectivity index (χ4v) is 3.31. The van der Waals surface area contributed by atoms with Crippen molar-refractivity contribution in [1.82, 2.24) is 4.57 Å². The lowest BCUT2D eigenvalue weighted by Gasteiger charge is -2.18. The summed E-state index contributed by atoms with van der Waals surface area (Å²) in [4.78, 5) is 24.3. The van der Waals surface area contributed by atoms with Crippen molar-refractivity contribution in [3.05, 3.63) is 65.4 Å². The summed E-state index contributed by atoms with van der Waals surface area (Å²) < 4.78 is 7.42. The van der Waals surface area contributed by atoms with Crippen LogP contribution in [0.5, 0.6) is 5.75 Å². The minimum atomic E-state index is -0.892. The Morgan fingerprint density at radius 2 is 1.76 bits per heavy atom. The highest BCUT2D eigenvalue weighted by atomic mass is 16.5. The van der Waals surface area contributed by atoms with Crippen molar-refractivity contribution in [1.29, 1.82) is 0 Å². The minimum Gasteiger partial charge on any atom is -0.494 e. The topological polar surface area (TPSA) is 68.5 Å². The molecule has 0 bridgehead atoms. The Hall–Kier alpha value is -3.08. The second-order valence-electron chi connectivity index (χ2n) is 8.53. The minimum absolute atomic E-state index is 0.0738. The zero-order valence-electron chi connectivity index (χ0n) is 17.4. The molecule has 5 nitrogen and oxygen atoms in total. The predicted molar refractivity (Wildman–Crippen MR) is 114 cm³/mol. The van der Waals surface area contributed by atoms with Crippen LogP contribution in [0.15, 0.2) is 48.5 Å². The Bertz CT molecular complexity index is 1040. The molecule has 0 aliphatic carbocycles. The van der Waals surface area contributed by atoms with E-state index in [0.29, 0.717) is 17.7 Å². The van der Waals surface area contributed by atoms with Crippen molar-refractivity contribution >= 4 is 22.8 Å². The van der Waals surface area contributed by atoms with Crippen molar-refractivity contribution in [2.24, 2.45) is 5.41 Å². The molecule has 152 valence electrons. The molecule has 5 heteroatoms. The van der Waals surface area contributed by atoms with Crippen LogP contribution in [-0.2, 0) is 11.2 Å². The van der Waals surface area contributed by atoms with E-state index in [0.717, 1.165) is 28.8 Å². The first-order valence-electron chi connectivity index (χ1n) is 9.75. The summed E-state index contributed by atoms with van der Waals surface area (Å²) in [6, 6.07) is 14.4. The Morgan fingerprint density at radius 1 is 1.07 bits per heavy atom. The van der Waals surface area contributed by atoms with E-state index in [1.54, 1.807) is 28.8 Å². The largest absolute Gasteiger partial charge is 0.494 e. The van der Waals surface area contributed by atoms with Gasteiger partial charge in [-0.2, -0.15) is 0 Å². The van der Waals surface area contributed by atoms with Gasteiger partial charge in [0, 0.05) is 16.6 Å². The number of ether oxygens (including phenoxy) is 1. The van der Waals surface area contributed by atoms with Gasteiger partial charge in [-0.15, -0.1) is 0 Å². The molecular weight excluding hydrogens is 366 g/mol. The van der Waals surface area contributed by atoms with Crippen LogP contribution in [0, 0.1) is 12.3 Å². The van der Waals surface area contributed by atoms with E-state index in [-0.39, 0.29) is 17.7 Å². The SMILES string of the molecule is Cc1cc2c(CC(=O)O)cccc2n1C(=O)c1ccc(OCCC(C)(C)C)cc1. The molecule has 0 aliphatic rings. The van der Waals surface area contributed by atoms with Crippen LogP contribution in [0.1, 0.15) is 48.8 Å². The molecule has 0 spiro atoms. The number of aryl methyl sites for hydroxylation is 1. The molecule has 0 aliphatic heterocycles. The molecule has 0 unspecified atom stereocenters. The third-order valence-electron chi connectivity index (χ3n) is 4.89. The fourth-order valence-electron chi connectivity index (χ4n) is 3.31. The van der Waals surface area contributed by atoms with Gasteiger partial charge in [0.15, 0.2) is 0 Å². The summed E-state index contributed by atoms with van der Waals surface area (Å²) in [5.74, 6) is -0.300. The van der Waals surface area contributed by atoms with Crippen LogP contribution in [0.3, 0.4) is 0 Å². The second-order valence-corrected chi connectivity index (χ2v) is 8.53. The molecule has 0 atom stereocenters. The molecule has 1 aromatic heterocycles. The maximum atomic E-state index is 13.1. The molecule has 2 aromatic carbocycles. The highest BCUT2D eigenvalue weighted by Crippen LogP contribution is 2.26. The van der Waals surface area contributed by atoms with Gasteiger partial charge in [0.2, 0.25) is 0 Å². The average molecular weight is 393 g/mol. The van der Waals surface area contributed by atoms with Gasteiger partial charge in [-0.3, -0.25) is 14.2 Å². The van der Waals surface area contributed by atoms with Crippen LogP contribution in [0.4, 0.5) is 0 Å². The third kappa shape index (κ3) is 4.86. The fraction of sp³-hybridized carbons (Fsp3) is 0.333. The number of rotatable bonds is 6. The van der Waals surface area contributed by atoms with E-state index >= 15 is 0 Å². The molecule has 1 heterocycles. The van der Waals surface area contributed by atoms with Gasteiger partial charge in [-0.1, -0.05) is 32.9 Å². The molecule has 0 saturated carbocycles. The van der Waals surface area contributed by atoms with Gasteiger partial charge < -0.3 is 9.84 Å². The molecule has 3 rings (SSSR count). The smallest absolute Gasteiger partial charge is 0.307 e. The Kier molecular flexibility index (Phi) is 5.78. The van der Waals surface area contributed by atoms with Crippen molar-refractivity contribution in [3.8, 4) is 5.75 Å². The monoisotopic (exact) mass is 393 g/mol. The maximum absolute atomic E-state index is 13.1. The normalized spacial score (nSPS) is 11.6. The second kappa shape index (κ2) is 8.11. The lowest BCUT2D eigenvalue weighted by Crippen LogP contribution is -2.13. The van der Waals surface area contributed by atoms with Crippen molar-refractivity contribution < 1.29 is 19.4 Å². The first-order chi connectivity index (χ1) is 13.7. The lowest BCUT2D eigenvalue weighted by atomic mass is 9.93. The Labute approximate surface area is 170 Å². The van der Waals surface area contributed by atoms with E-state index in [4.69, 9.17) is 9.84 Å². The number of hydrogen-bond donors (Lipinski definition) is 1. The van der Waals surface area contributed by atoms with Crippen LogP contribution in [0.25, 0.3) is 10.9 Å². The molecule has 3 aromatic rings. The number of fused-ring (bicyclic) bond motifs is 1. The first kappa shape index (κ1) is 20.6. The first-order valence-corrected chi connectivity index (χ1v) is 9.75. The van der Waals surface area contributed by atoms with Gasteiger partial charge in [-0.25, -0.2) is 0 Å². The standard InChI is InChI=1S/C24H27NO4/c1-16-14-20-18(15-22(26)27)6-5-7-21(20)25(16)23(28)17-8-10-19(11-9-17)29-13-12-24(2,3)4/h5-11,14H,12-13,15H2,1-4H3,(H,26,27). The van der Waals surface area contributed by atoms with Gasteiger partial charge in [0.1, 0.15) is 5.75 Å². The summed E-state index contributed by atoms with van der Waals surface area (Å²) in [7, 11) is 0. The zero-order valence-corrected chi connectivity index (χ0v) is 17.4. The number of aromatic nitrogens is 1. The van der Waals surface area contributed by atoms with Crippen LogP contribution in [0.2, 0.25) is 0 Å². The number of carbonyl (C=O) groups excluding carboxylic acids is 1. The number of carboxylic acids is 1. The van der Waals surface area contributed by atoms with Gasteiger partial charge in [0.25, 0.3) is 5.91 Å². The average Bonchev–Trinajstić information content (AvgIpc) is 2.97. The third-order valence-corrected chi connectivity index (χ3v) is 4.89. The highest BCUT2D eigenvalue weighted by molar-refractivity contribution is 6.04. The van der Waals surface area contributed by atoms with Crippen LogP contribution in [-0.4, -0.2) is 28.2 Å². The summed E-state index contributed by atoms with van der Waals surface area (Å²) >= 11 is 0. The van der Waals surface area contributed by atoms with Crippen molar-refractivity contribution in [2.45, 2.75) is 40.5 Å². The molecule has 1 N–H and O–H groups in total. The lowest BCUT2D eigenvalue weighted by molar-refractivity contribution is -0.136. The quantitative estimate of drug-likeness (QED) is 0.634. The van der Waals surface area contributed by atoms with Crippen molar-refractivity contribution in [3.63, 3.8) is 0 Å². The van der Waals surface area contributed by atoms with E-state index in [9.17, 15) is 9.59 Å². The number of benzene rings is 2. The summed E-state index contributed by atoms with van der Waals surface area (Å²) in [6.45, 7) is 8.99. The van der Waals surface area contributed by atoms with Gasteiger partial charge in [-0.05, 0) is 60.7 Å². The van der Waals surface area contributed by atoms with E-state index in [1.807, 2.05) is 31.2 Å². The van der Waals surface area contributed by atoms with Crippen LogP contribution >= 0.6 is 0 Å². The molecule has 29 heavy (non-hydrogen) atoms. The van der Waals surface area contributed by atoms with Crippen LogP contribution < -0.4 is 4.74 Å². The Balaban J connectivity index is 1.84. The number of aliphatic carboxylic acids is 1. The summed E-state index contributed by atoms with van der Waals surface area (Å²) in [5, 5.41) is 9.93. The highest BCUT2D eigenvalue weighted by Gasteiger charge is 2.17. The molecule has 0 saturated heterocycles. The number of hydrogen-bond acceptors (Lipinski definition) is 3. The number of nitrogens with zero attached hydrogens (tertiary/aromatic N) is 1. The molecule has 0 radical (unpaired) electrons. The predicted octanol–water partition coefficient (Wildman–Crippen LogP) is 5.08. The summed E-state index contributed by atoms with van der Waals surface area (Å²) in [6.07, 6.45) is 0.872. The number of carbonyl (C=O) groups is 2. The van der Waals surface area contributed by atoms with Gasteiger partial charge >= 0.3 is 5.97 Å². The zero-order chi connectivity index (χ0) is 21.2. The van der Waals surface area contributed by atoms with Gasteiger partial charge in [0.05, 0.1) is 18.5 Å². The van der Waals surface area contributed by atoms with E-state index < -0.39 is 5.97 Å². The van der Waals surface area contributed by atoms with Crippen molar-refractivity contribution in [2.75, 3.05) is 6.61 Å². The number of carboxylic acid groups (broad SMARTS) is 1. The summed E-state index contributed by atoms with van der Waals surface area (Å²) in [5.41, 5.74) is 2.96.